The number of hydrogen-bond donors (Lipinski definition) is 1. The van der Waals surface area contributed by atoms with Gasteiger partial charge in [0.1, 0.15) is 23.4 Å². The first-order chi connectivity index (χ1) is 17.7. The molecular weight excluding hydrogens is 482 g/mol. The highest BCUT2D eigenvalue weighted by Gasteiger charge is 2.35. The maximum absolute atomic E-state index is 14.5. The van der Waals surface area contributed by atoms with Crippen molar-refractivity contribution in [2.75, 3.05) is 36.0 Å². The highest BCUT2D eigenvalue weighted by Crippen LogP contribution is 2.33. The Morgan fingerprint density at radius 3 is 2.54 bits per heavy atom. The summed E-state index contributed by atoms with van der Waals surface area (Å²) in [7, 11) is 0. The molecule has 0 bridgehead atoms. The van der Waals surface area contributed by atoms with Crippen LogP contribution in [0.25, 0.3) is 0 Å². The van der Waals surface area contributed by atoms with E-state index in [4.69, 9.17) is 14.2 Å². The van der Waals surface area contributed by atoms with E-state index in [0.717, 1.165) is 17.9 Å². The van der Waals surface area contributed by atoms with E-state index in [2.05, 4.69) is 6.92 Å². The second kappa shape index (κ2) is 12.0. The van der Waals surface area contributed by atoms with Gasteiger partial charge in [-0.3, -0.25) is 4.79 Å². The van der Waals surface area contributed by atoms with Gasteiger partial charge in [-0.2, -0.15) is 0 Å². The van der Waals surface area contributed by atoms with Gasteiger partial charge in [-0.25, -0.2) is 8.78 Å². The maximum atomic E-state index is 14.5. The molecule has 2 aliphatic rings. The number of carboxylic acids is 1. The summed E-state index contributed by atoms with van der Waals surface area (Å²) in [5, 5.41) is 9.31. The van der Waals surface area contributed by atoms with Gasteiger partial charge >= 0.3 is 5.97 Å². The summed E-state index contributed by atoms with van der Waals surface area (Å²) < 4.78 is 45.0. The lowest BCUT2D eigenvalue weighted by atomic mass is 9.95. The predicted octanol–water partition coefficient (Wildman–Crippen LogP) is 5.27. The molecule has 4 rings (SSSR count). The Morgan fingerprint density at radius 2 is 1.89 bits per heavy atom. The second-order valence-corrected chi connectivity index (χ2v) is 9.85. The molecule has 7 nitrogen and oxygen atoms in total. The Morgan fingerprint density at radius 1 is 1.16 bits per heavy atom. The molecular formula is C28H36F2N2O5. The van der Waals surface area contributed by atoms with E-state index >= 15 is 0 Å². The fourth-order valence-electron chi connectivity index (χ4n) is 5.35. The standard InChI is InChI=1S/C28H36F2N2O5/c1-4-35-23-9-10-25(30)26(15-23)31-12-11-27(18(2)16-31)37-22-7-5-20(6-8-22)32-17-24(36-19(3)29)13-21(32)14-28(33)34/h5-10,15,18-19,21,24,27H,4,11-14,16-17H2,1-3H3,(H,33,34)/t18?,19?,21-,24-,27?/m1/s1. The topological polar surface area (TPSA) is 71.5 Å². The summed E-state index contributed by atoms with van der Waals surface area (Å²) in [5.74, 6) is 0.391. The summed E-state index contributed by atoms with van der Waals surface area (Å²) in [4.78, 5) is 15.4. The lowest BCUT2D eigenvalue weighted by Crippen LogP contribution is -2.44. The van der Waals surface area contributed by atoms with Gasteiger partial charge in [0.2, 0.25) is 0 Å². The van der Waals surface area contributed by atoms with Crippen molar-refractivity contribution in [2.24, 2.45) is 5.92 Å². The molecule has 0 aliphatic carbocycles. The molecule has 3 unspecified atom stereocenters. The van der Waals surface area contributed by atoms with Crippen LogP contribution in [0.4, 0.5) is 20.2 Å². The second-order valence-electron chi connectivity index (χ2n) is 9.85. The van der Waals surface area contributed by atoms with Gasteiger partial charge in [-0.05, 0) is 56.7 Å². The predicted molar refractivity (Wildman–Crippen MR) is 138 cm³/mol. The lowest BCUT2D eigenvalue weighted by Gasteiger charge is -2.38. The molecule has 37 heavy (non-hydrogen) atoms. The maximum Gasteiger partial charge on any atom is 0.305 e. The number of halogens is 2. The van der Waals surface area contributed by atoms with Gasteiger partial charge in [0.25, 0.3) is 0 Å². The Balaban J connectivity index is 1.37. The quantitative estimate of drug-likeness (QED) is 0.459. The zero-order valence-electron chi connectivity index (χ0n) is 21.6. The van der Waals surface area contributed by atoms with Gasteiger partial charge in [-0.15, -0.1) is 0 Å². The van der Waals surface area contributed by atoms with Crippen LogP contribution in [-0.4, -0.2) is 61.9 Å². The largest absolute Gasteiger partial charge is 0.494 e. The molecule has 9 heteroatoms. The molecule has 2 saturated heterocycles. The van der Waals surface area contributed by atoms with E-state index in [1.807, 2.05) is 41.0 Å². The molecule has 1 N–H and O–H groups in total. The van der Waals surface area contributed by atoms with E-state index in [1.165, 1.54) is 13.0 Å². The van der Waals surface area contributed by atoms with Gasteiger partial charge in [0.15, 0.2) is 6.36 Å². The minimum atomic E-state index is -1.40. The molecule has 2 heterocycles. The molecule has 0 spiro atoms. The Labute approximate surface area is 216 Å². The molecule has 2 aromatic carbocycles. The normalized spacial score (nSPS) is 24.7. The molecule has 0 saturated carbocycles. The van der Waals surface area contributed by atoms with Crippen molar-refractivity contribution in [2.45, 2.75) is 64.6 Å². The summed E-state index contributed by atoms with van der Waals surface area (Å²) >= 11 is 0. The van der Waals surface area contributed by atoms with Crippen molar-refractivity contribution in [1.29, 1.82) is 0 Å². The number of benzene rings is 2. The summed E-state index contributed by atoms with van der Waals surface area (Å²) in [6, 6.07) is 12.1. The van der Waals surface area contributed by atoms with Crippen molar-refractivity contribution < 1.29 is 32.9 Å². The van der Waals surface area contributed by atoms with Gasteiger partial charge in [0, 0.05) is 49.8 Å². The van der Waals surface area contributed by atoms with Crippen LogP contribution in [0.2, 0.25) is 0 Å². The average Bonchev–Trinajstić information content (AvgIpc) is 3.22. The van der Waals surface area contributed by atoms with Crippen molar-refractivity contribution in [3.63, 3.8) is 0 Å². The third-order valence-corrected chi connectivity index (χ3v) is 7.02. The van der Waals surface area contributed by atoms with Crippen LogP contribution >= 0.6 is 0 Å². The average molecular weight is 519 g/mol. The van der Waals surface area contributed by atoms with Crippen molar-refractivity contribution in [3.8, 4) is 11.5 Å². The van der Waals surface area contributed by atoms with Crippen molar-refractivity contribution in [3.05, 3.63) is 48.3 Å². The molecule has 0 amide bonds. The molecule has 2 aromatic rings. The van der Waals surface area contributed by atoms with Gasteiger partial charge < -0.3 is 29.1 Å². The third kappa shape index (κ3) is 6.83. The zero-order valence-corrected chi connectivity index (χ0v) is 21.6. The molecule has 0 radical (unpaired) electrons. The van der Waals surface area contributed by atoms with E-state index in [0.29, 0.717) is 44.1 Å². The summed E-state index contributed by atoms with van der Waals surface area (Å²) in [6.07, 6.45) is -0.605. The third-order valence-electron chi connectivity index (χ3n) is 7.02. The zero-order chi connectivity index (χ0) is 26.5. The van der Waals surface area contributed by atoms with Crippen LogP contribution in [0, 0.1) is 11.7 Å². The van der Waals surface area contributed by atoms with Crippen molar-refractivity contribution >= 4 is 17.3 Å². The van der Waals surface area contributed by atoms with Crippen LogP contribution in [0.5, 0.6) is 11.5 Å². The number of rotatable bonds is 10. The number of aliphatic carboxylic acids is 1. The van der Waals surface area contributed by atoms with Crippen molar-refractivity contribution in [1.82, 2.24) is 0 Å². The van der Waals surface area contributed by atoms with Crippen LogP contribution in [0.15, 0.2) is 42.5 Å². The first-order valence-electron chi connectivity index (χ1n) is 13.0. The fourth-order valence-corrected chi connectivity index (χ4v) is 5.35. The van der Waals surface area contributed by atoms with Crippen LogP contribution in [-0.2, 0) is 9.53 Å². The first kappa shape index (κ1) is 27.0. The van der Waals surface area contributed by atoms with Crippen LogP contribution in [0.1, 0.15) is 40.0 Å². The number of anilines is 2. The van der Waals surface area contributed by atoms with Gasteiger partial charge in [-0.1, -0.05) is 6.92 Å². The van der Waals surface area contributed by atoms with Crippen LogP contribution < -0.4 is 19.3 Å². The SMILES string of the molecule is CCOc1ccc(F)c(N2CCC(Oc3ccc(N4C[C@H](OC(C)F)C[C@@H]4CC(=O)O)cc3)C(C)C2)c1. The molecule has 2 fully saturated rings. The highest BCUT2D eigenvalue weighted by molar-refractivity contribution is 5.69. The Hall–Kier alpha value is -3.07. The number of carboxylic acid groups (broad SMARTS) is 1. The fraction of sp³-hybridized carbons (Fsp3) is 0.536. The summed E-state index contributed by atoms with van der Waals surface area (Å²) in [6.45, 7) is 7.62. The Kier molecular flexibility index (Phi) is 8.74. The summed E-state index contributed by atoms with van der Waals surface area (Å²) in [5.41, 5.74) is 1.40. The van der Waals surface area contributed by atoms with Crippen LogP contribution in [0.3, 0.4) is 0 Å². The lowest BCUT2D eigenvalue weighted by molar-refractivity contribution is -0.137. The molecule has 0 aromatic heterocycles. The molecule has 2 aliphatic heterocycles. The monoisotopic (exact) mass is 518 g/mol. The number of carbonyl (C=O) groups is 1. The first-order valence-corrected chi connectivity index (χ1v) is 13.0. The molecule has 5 atom stereocenters. The number of hydrogen-bond acceptors (Lipinski definition) is 6. The number of nitrogens with zero attached hydrogens (tertiary/aromatic N) is 2. The van der Waals surface area contributed by atoms with E-state index < -0.39 is 12.3 Å². The molecule has 202 valence electrons. The smallest absolute Gasteiger partial charge is 0.305 e. The highest BCUT2D eigenvalue weighted by atomic mass is 19.1. The van der Waals surface area contributed by atoms with Gasteiger partial charge in [0.05, 0.1) is 24.8 Å². The van der Waals surface area contributed by atoms with E-state index in [1.54, 1.807) is 12.1 Å². The minimum absolute atomic E-state index is 0.0180. The van der Waals surface area contributed by atoms with E-state index in [-0.39, 0.29) is 36.4 Å². The Bertz CT molecular complexity index is 1050. The number of ether oxygens (including phenoxy) is 3. The minimum Gasteiger partial charge on any atom is -0.494 e. The van der Waals surface area contributed by atoms with E-state index in [9.17, 15) is 18.7 Å². The number of piperidine rings is 1. The number of alkyl halides is 1.